The Kier molecular flexibility index (Phi) is 2.38. The van der Waals surface area contributed by atoms with E-state index >= 15 is 0 Å². The van der Waals surface area contributed by atoms with Crippen molar-refractivity contribution in [3.05, 3.63) is 28.3 Å². The first-order chi connectivity index (χ1) is 5.54. The summed E-state index contributed by atoms with van der Waals surface area (Å²) in [6.07, 6.45) is 0. The molecule has 0 aromatic heterocycles. The number of hydrogen-bond donors (Lipinski definition) is 1. The smallest absolute Gasteiger partial charge is 0.160 e. The molecule has 3 heteroatoms. The molecule has 2 nitrogen and oxygen atoms in total. The fourth-order valence-corrected chi connectivity index (χ4v) is 1.25. The fourth-order valence-electron chi connectivity index (χ4n) is 1.05. The SMILES string of the molecule is CC(=O)c1ccc(Cl)c(O)c1C. The van der Waals surface area contributed by atoms with Gasteiger partial charge in [-0.2, -0.15) is 0 Å². The van der Waals surface area contributed by atoms with Crippen LogP contribution in [-0.4, -0.2) is 10.9 Å². The summed E-state index contributed by atoms with van der Waals surface area (Å²) >= 11 is 5.63. The van der Waals surface area contributed by atoms with E-state index in [1.54, 1.807) is 13.0 Å². The summed E-state index contributed by atoms with van der Waals surface area (Å²) in [4.78, 5) is 11.0. The van der Waals surface area contributed by atoms with Crippen LogP contribution < -0.4 is 0 Å². The van der Waals surface area contributed by atoms with E-state index in [4.69, 9.17) is 11.6 Å². The van der Waals surface area contributed by atoms with Gasteiger partial charge in [-0.3, -0.25) is 4.79 Å². The molecule has 0 atom stereocenters. The highest BCUT2D eigenvalue weighted by Gasteiger charge is 2.09. The van der Waals surface area contributed by atoms with Gasteiger partial charge in [-0.05, 0) is 26.0 Å². The maximum absolute atomic E-state index is 11.0. The van der Waals surface area contributed by atoms with Crippen LogP contribution in [0.4, 0.5) is 0 Å². The van der Waals surface area contributed by atoms with Gasteiger partial charge in [0.2, 0.25) is 0 Å². The first kappa shape index (κ1) is 9.07. The highest BCUT2D eigenvalue weighted by molar-refractivity contribution is 6.32. The van der Waals surface area contributed by atoms with Crippen LogP contribution in [0.3, 0.4) is 0 Å². The Morgan fingerprint density at radius 3 is 2.58 bits per heavy atom. The van der Waals surface area contributed by atoms with E-state index in [0.717, 1.165) is 0 Å². The predicted molar refractivity (Wildman–Crippen MR) is 47.9 cm³/mol. The average Bonchev–Trinajstić information content (AvgIpc) is 2.00. The second-order valence-corrected chi connectivity index (χ2v) is 3.03. The highest BCUT2D eigenvalue weighted by Crippen LogP contribution is 2.29. The number of hydrogen-bond acceptors (Lipinski definition) is 2. The van der Waals surface area contributed by atoms with Gasteiger partial charge in [-0.15, -0.1) is 0 Å². The Bertz CT molecular complexity index is 332. The van der Waals surface area contributed by atoms with Crippen molar-refractivity contribution >= 4 is 17.4 Å². The maximum Gasteiger partial charge on any atom is 0.160 e. The Hall–Kier alpha value is -1.02. The van der Waals surface area contributed by atoms with Crippen LogP contribution in [0.25, 0.3) is 0 Å². The molecule has 1 aromatic rings. The average molecular weight is 185 g/mol. The number of rotatable bonds is 1. The van der Waals surface area contributed by atoms with Crippen LogP contribution in [-0.2, 0) is 0 Å². The van der Waals surface area contributed by atoms with Crippen molar-refractivity contribution < 1.29 is 9.90 Å². The molecule has 0 aliphatic carbocycles. The topological polar surface area (TPSA) is 37.3 Å². The molecule has 1 rings (SSSR count). The lowest BCUT2D eigenvalue weighted by Crippen LogP contribution is -1.95. The monoisotopic (exact) mass is 184 g/mol. The summed E-state index contributed by atoms with van der Waals surface area (Å²) in [6, 6.07) is 3.13. The highest BCUT2D eigenvalue weighted by atomic mass is 35.5. The molecule has 0 unspecified atom stereocenters. The summed E-state index contributed by atoms with van der Waals surface area (Å²) in [5, 5.41) is 9.63. The fraction of sp³-hybridized carbons (Fsp3) is 0.222. The summed E-state index contributed by atoms with van der Waals surface area (Å²) in [5.74, 6) is -0.0798. The molecule has 0 bridgehead atoms. The van der Waals surface area contributed by atoms with Crippen molar-refractivity contribution in [3.63, 3.8) is 0 Å². The number of phenols is 1. The van der Waals surface area contributed by atoms with Gasteiger partial charge in [0.25, 0.3) is 0 Å². The maximum atomic E-state index is 11.0. The van der Waals surface area contributed by atoms with E-state index in [-0.39, 0.29) is 16.6 Å². The number of aromatic hydroxyl groups is 1. The van der Waals surface area contributed by atoms with Crippen LogP contribution in [0, 0.1) is 6.92 Å². The molecular formula is C9H9ClO2. The van der Waals surface area contributed by atoms with Gasteiger partial charge in [0.05, 0.1) is 5.02 Å². The molecule has 1 aromatic carbocycles. The lowest BCUT2D eigenvalue weighted by molar-refractivity contribution is 0.101. The zero-order chi connectivity index (χ0) is 9.30. The quantitative estimate of drug-likeness (QED) is 0.682. The third-order valence-electron chi connectivity index (χ3n) is 1.76. The zero-order valence-corrected chi connectivity index (χ0v) is 7.64. The van der Waals surface area contributed by atoms with E-state index in [1.165, 1.54) is 13.0 Å². The molecule has 0 fully saturated rings. The van der Waals surface area contributed by atoms with Gasteiger partial charge in [0.1, 0.15) is 5.75 Å². The molecule has 0 aliphatic rings. The Labute approximate surface area is 75.8 Å². The van der Waals surface area contributed by atoms with E-state index < -0.39 is 0 Å². The standard InChI is InChI=1S/C9H9ClO2/c1-5-7(6(2)11)3-4-8(10)9(5)12/h3-4,12H,1-2H3. The molecular weight excluding hydrogens is 176 g/mol. The molecule has 0 saturated heterocycles. The van der Waals surface area contributed by atoms with Gasteiger partial charge >= 0.3 is 0 Å². The number of halogens is 1. The van der Waals surface area contributed by atoms with Gasteiger partial charge in [-0.1, -0.05) is 11.6 Å². The number of ketones is 1. The van der Waals surface area contributed by atoms with Crippen molar-refractivity contribution in [3.8, 4) is 5.75 Å². The van der Waals surface area contributed by atoms with Crippen molar-refractivity contribution in [1.82, 2.24) is 0 Å². The molecule has 64 valence electrons. The van der Waals surface area contributed by atoms with Crippen molar-refractivity contribution in [2.45, 2.75) is 13.8 Å². The van der Waals surface area contributed by atoms with Gasteiger partial charge in [0, 0.05) is 11.1 Å². The van der Waals surface area contributed by atoms with Gasteiger partial charge in [-0.25, -0.2) is 0 Å². The number of carbonyl (C=O) groups is 1. The minimum atomic E-state index is -0.0699. The molecule has 0 saturated carbocycles. The minimum Gasteiger partial charge on any atom is -0.506 e. The molecule has 0 spiro atoms. The second kappa shape index (κ2) is 3.15. The molecule has 0 radical (unpaired) electrons. The third kappa shape index (κ3) is 1.43. The molecule has 0 aliphatic heterocycles. The second-order valence-electron chi connectivity index (χ2n) is 2.62. The van der Waals surface area contributed by atoms with Crippen LogP contribution in [0.15, 0.2) is 12.1 Å². The van der Waals surface area contributed by atoms with E-state index in [0.29, 0.717) is 11.1 Å². The van der Waals surface area contributed by atoms with Crippen molar-refractivity contribution in [2.75, 3.05) is 0 Å². The summed E-state index contributed by atoms with van der Waals surface area (Å²) in [6.45, 7) is 3.12. The van der Waals surface area contributed by atoms with Gasteiger partial charge < -0.3 is 5.11 Å². The number of carbonyl (C=O) groups excluding carboxylic acids is 1. The van der Waals surface area contributed by atoms with Crippen LogP contribution >= 0.6 is 11.6 Å². The lowest BCUT2D eigenvalue weighted by atomic mass is 10.1. The first-order valence-electron chi connectivity index (χ1n) is 3.53. The molecule has 0 heterocycles. The predicted octanol–water partition coefficient (Wildman–Crippen LogP) is 2.56. The largest absolute Gasteiger partial charge is 0.506 e. The Morgan fingerprint density at radius 1 is 1.50 bits per heavy atom. The van der Waals surface area contributed by atoms with Crippen LogP contribution in [0.5, 0.6) is 5.75 Å². The first-order valence-corrected chi connectivity index (χ1v) is 3.91. The molecule has 0 amide bonds. The Balaban J connectivity index is 3.36. The summed E-state index contributed by atoms with van der Waals surface area (Å²) < 4.78 is 0. The van der Waals surface area contributed by atoms with Crippen LogP contribution in [0.1, 0.15) is 22.8 Å². The van der Waals surface area contributed by atoms with E-state index in [2.05, 4.69) is 0 Å². The lowest BCUT2D eigenvalue weighted by Gasteiger charge is -2.04. The number of Topliss-reactive ketones (excluding diaryl/α,β-unsaturated/α-hetero) is 1. The van der Waals surface area contributed by atoms with Crippen molar-refractivity contribution in [1.29, 1.82) is 0 Å². The summed E-state index contributed by atoms with van der Waals surface area (Å²) in [5.41, 5.74) is 1.05. The molecule has 1 N–H and O–H groups in total. The number of benzene rings is 1. The van der Waals surface area contributed by atoms with Crippen molar-refractivity contribution in [2.24, 2.45) is 0 Å². The Morgan fingerprint density at radius 2 is 2.08 bits per heavy atom. The minimum absolute atomic E-state index is 0.00985. The number of phenolic OH excluding ortho intramolecular Hbond substituents is 1. The normalized spacial score (nSPS) is 9.92. The van der Waals surface area contributed by atoms with E-state index in [9.17, 15) is 9.90 Å². The third-order valence-corrected chi connectivity index (χ3v) is 2.07. The van der Waals surface area contributed by atoms with Gasteiger partial charge in [0.15, 0.2) is 5.78 Å². The zero-order valence-electron chi connectivity index (χ0n) is 6.89. The summed E-state index contributed by atoms with van der Waals surface area (Å²) in [7, 11) is 0. The van der Waals surface area contributed by atoms with E-state index in [1.807, 2.05) is 0 Å². The molecule has 12 heavy (non-hydrogen) atoms. The van der Waals surface area contributed by atoms with Crippen LogP contribution in [0.2, 0.25) is 5.02 Å².